The number of nitrogens with one attached hydrogen (secondary N) is 1. The van der Waals surface area contributed by atoms with Crippen LogP contribution < -0.4 is 5.32 Å². The van der Waals surface area contributed by atoms with Crippen LogP contribution in [0.1, 0.15) is 23.0 Å². The Balaban J connectivity index is 1.57. The maximum atomic E-state index is 11.5. The van der Waals surface area contributed by atoms with Crippen molar-refractivity contribution in [1.29, 1.82) is 0 Å². The minimum Gasteiger partial charge on any atom is -0.467 e. The Labute approximate surface area is 141 Å². The monoisotopic (exact) mass is 338 g/mol. The van der Waals surface area contributed by atoms with Gasteiger partial charge in [0, 0.05) is 11.1 Å². The maximum absolute atomic E-state index is 11.5. The van der Waals surface area contributed by atoms with Crippen molar-refractivity contribution in [3.8, 4) is 11.3 Å². The molecule has 0 saturated heterocycles. The van der Waals surface area contributed by atoms with Gasteiger partial charge in [0.05, 0.1) is 24.7 Å². The molecule has 0 atom stereocenters. The first-order valence-corrected chi connectivity index (χ1v) is 8.24. The molecule has 7 heteroatoms. The predicted molar refractivity (Wildman–Crippen MR) is 92.3 cm³/mol. The lowest BCUT2D eigenvalue weighted by molar-refractivity contribution is 0.101. The van der Waals surface area contributed by atoms with Gasteiger partial charge in [-0.25, -0.2) is 9.50 Å². The van der Waals surface area contributed by atoms with E-state index in [1.807, 2.05) is 36.5 Å². The molecule has 120 valence electrons. The number of rotatable bonds is 5. The number of ketones is 1. The van der Waals surface area contributed by atoms with Crippen molar-refractivity contribution in [1.82, 2.24) is 14.6 Å². The fourth-order valence-electron chi connectivity index (χ4n) is 2.38. The first-order valence-electron chi connectivity index (χ1n) is 7.43. The van der Waals surface area contributed by atoms with Crippen LogP contribution >= 0.6 is 11.3 Å². The van der Waals surface area contributed by atoms with E-state index in [4.69, 9.17) is 4.42 Å². The summed E-state index contributed by atoms with van der Waals surface area (Å²) in [6, 6.07) is 11.2. The Morgan fingerprint density at radius 1 is 1.33 bits per heavy atom. The third kappa shape index (κ3) is 2.81. The molecule has 0 spiro atoms. The Bertz CT molecular complexity index is 969. The summed E-state index contributed by atoms with van der Waals surface area (Å²) < 4.78 is 7.02. The van der Waals surface area contributed by atoms with Crippen LogP contribution in [0.2, 0.25) is 0 Å². The van der Waals surface area contributed by atoms with Crippen molar-refractivity contribution in [2.75, 3.05) is 5.32 Å². The summed E-state index contributed by atoms with van der Waals surface area (Å²) in [7, 11) is 0. The lowest BCUT2D eigenvalue weighted by atomic mass is 10.1. The molecule has 0 unspecified atom stereocenters. The summed E-state index contributed by atoms with van der Waals surface area (Å²) in [5.41, 5.74) is 2.39. The van der Waals surface area contributed by atoms with Gasteiger partial charge in [-0.2, -0.15) is 0 Å². The molecule has 3 heterocycles. The minimum atomic E-state index is 0.0420. The molecule has 4 aromatic rings. The van der Waals surface area contributed by atoms with Gasteiger partial charge in [0.25, 0.3) is 0 Å². The molecule has 1 N–H and O–H groups in total. The van der Waals surface area contributed by atoms with Crippen LogP contribution in [-0.4, -0.2) is 20.4 Å². The topological polar surface area (TPSA) is 72.4 Å². The Kier molecular flexibility index (Phi) is 3.62. The maximum Gasteiger partial charge on any atom is 0.214 e. The van der Waals surface area contributed by atoms with E-state index in [1.165, 1.54) is 11.3 Å². The number of hydrogen-bond acceptors (Lipinski definition) is 6. The molecule has 0 bridgehead atoms. The SMILES string of the molecule is CC(=O)c1cccc(-c2cn3nc(NCc4ccco4)sc3n2)c1. The van der Waals surface area contributed by atoms with E-state index in [1.54, 1.807) is 23.8 Å². The number of imidazole rings is 1. The van der Waals surface area contributed by atoms with Gasteiger partial charge in [0.15, 0.2) is 5.78 Å². The average Bonchev–Trinajstić information content (AvgIpc) is 3.29. The number of Topliss-reactive ketones (excluding diaryl/α,β-unsaturated/α-hetero) is 1. The molecule has 0 aliphatic rings. The second-order valence-electron chi connectivity index (χ2n) is 5.33. The van der Waals surface area contributed by atoms with Crippen molar-refractivity contribution >= 4 is 27.2 Å². The second kappa shape index (κ2) is 5.93. The summed E-state index contributed by atoms with van der Waals surface area (Å²) >= 11 is 1.47. The molecule has 0 radical (unpaired) electrons. The third-order valence-electron chi connectivity index (χ3n) is 3.60. The van der Waals surface area contributed by atoms with E-state index in [9.17, 15) is 4.79 Å². The normalized spacial score (nSPS) is 11.0. The highest BCUT2D eigenvalue weighted by Crippen LogP contribution is 2.25. The molecule has 6 nitrogen and oxygen atoms in total. The van der Waals surface area contributed by atoms with Crippen LogP contribution in [0.5, 0.6) is 0 Å². The zero-order chi connectivity index (χ0) is 16.5. The Morgan fingerprint density at radius 3 is 3.00 bits per heavy atom. The molecule has 0 aliphatic carbocycles. The van der Waals surface area contributed by atoms with Gasteiger partial charge >= 0.3 is 0 Å². The number of carbonyl (C=O) groups excluding carboxylic acids is 1. The molecular formula is C17H14N4O2S. The zero-order valence-electron chi connectivity index (χ0n) is 12.9. The van der Waals surface area contributed by atoms with Gasteiger partial charge in [-0.05, 0) is 25.1 Å². The molecule has 0 saturated carbocycles. The summed E-state index contributed by atoms with van der Waals surface area (Å²) in [5, 5.41) is 8.46. The predicted octanol–water partition coefficient (Wildman–Crippen LogP) is 3.87. The molecule has 0 aliphatic heterocycles. The van der Waals surface area contributed by atoms with Crippen LogP contribution in [-0.2, 0) is 6.54 Å². The van der Waals surface area contributed by atoms with E-state index in [-0.39, 0.29) is 5.78 Å². The van der Waals surface area contributed by atoms with E-state index in [0.717, 1.165) is 27.1 Å². The van der Waals surface area contributed by atoms with E-state index >= 15 is 0 Å². The van der Waals surface area contributed by atoms with Crippen molar-refractivity contribution in [3.63, 3.8) is 0 Å². The molecule has 0 amide bonds. The van der Waals surface area contributed by atoms with Crippen LogP contribution in [0.4, 0.5) is 5.13 Å². The number of furan rings is 1. The minimum absolute atomic E-state index is 0.0420. The largest absolute Gasteiger partial charge is 0.467 e. The number of hydrogen-bond donors (Lipinski definition) is 1. The van der Waals surface area contributed by atoms with Crippen LogP contribution in [0.25, 0.3) is 16.2 Å². The summed E-state index contributed by atoms with van der Waals surface area (Å²) in [6.45, 7) is 2.14. The second-order valence-corrected chi connectivity index (χ2v) is 6.29. The number of aromatic nitrogens is 3. The first-order chi connectivity index (χ1) is 11.7. The van der Waals surface area contributed by atoms with Gasteiger partial charge < -0.3 is 9.73 Å². The summed E-state index contributed by atoms with van der Waals surface area (Å²) in [4.78, 5) is 16.9. The number of fused-ring (bicyclic) bond motifs is 1. The fraction of sp³-hybridized carbons (Fsp3) is 0.118. The third-order valence-corrected chi connectivity index (χ3v) is 4.48. The van der Waals surface area contributed by atoms with Crippen LogP contribution in [0.3, 0.4) is 0 Å². The number of benzene rings is 1. The van der Waals surface area contributed by atoms with Crippen LogP contribution in [0, 0.1) is 0 Å². The van der Waals surface area contributed by atoms with E-state index in [2.05, 4.69) is 15.4 Å². The first kappa shape index (κ1) is 14.6. The van der Waals surface area contributed by atoms with Gasteiger partial charge in [0.1, 0.15) is 5.76 Å². The van der Waals surface area contributed by atoms with Gasteiger partial charge in [-0.15, -0.1) is 5.10 Å². The highest BCUT2D eigenvalue weighted by molar-refractivity contribution is 7.20. The fourth-order valence-corrected chi connectivity index (χ4v) is 3.16. The van der Waals surface area contributed by atoms with Gasteiger partial charge in [0.2, 0.25) is 10.1 Å². The molecule has 0 fully saturated rings. The molecule has 24 heavy (non-hydrogen) atoms. The van der Waals surface area contributed by atoms with Crippen molar-refractivity contribution < 1.29 is 9.21 Å². The highest BCUT2D eigenvalue weighted by atomic mass is 32.1. The lowest BCUT2D eigenvalue weighted by Crippen LogP contribution is -1.98. The molecule has 1 aromatic carbocycles. The van der Waals surface area contributed by atoms with Crippen molar-refractivity contribution in [2.45, 2.75) is 13.5 Å². The summed E-state index contributed by atoms with van der Waals surface area (Å²) in [6.07, 6.45) is 3.51. The quantitative estimate of drug-likeness (QED) is 0.559. The Morgan fingerprint density at radius 2 is 2.25 bits per heavy atom. The van der Waals surface area contributed by atoms with Gasteiger partial charge in [-0.3, -0.25) is 4.79 Å². The van der Waals surface area contributed by atoms with Crippen molar-refractivity contribution in [2.24, 2.45) is 0 Å². The summed E-state index contributed by atoms with van der Waals surface area (Å²) in [5.74, 6) is 0.894. The number of anilines is 1. The molecule has 4 rings (SSSR count). The average molecular weight is 338 g/mol. The number of carbonyl (C=O) groups is 1. The van der Waals surface area contributed by atoms with Crippen molar-refractivity contribution in [3.05, 3.63) is 60.2 Å². The van der Waals surface area contributed by atoms with Crippen LogP contribution in [0.15, 0.2) is 53.3 Å². The van der Waals surface area contributed by atoms with Gasteiger partial charge in [-0.1, -0.05) is 29.5 Å². The number of nitrogens with zero attached hydrogens (tertiary/aromatic N) is 3. The lowest BCUT2D eigenvalue weighted by Gasteiger charge is -1.99. The smallest absolute Gasteiger partial charge is 0.214 e. The zero-order valence-corrected chi connectivity index (χ0v) is 13.7. The van der Waals surface area contributed by atoms with E-state index in [0.29, 0.717) is 12.1 Å². The molecular weight excluding hydrogens is 324 g/mol. The highest BCUT2D eigenvalue weighted by Gasteiger charge is 2.11. The Hall–Kier alpha value is -2.93. The standard InChI is InChI=1S/C17H14N4O2S/c1-11(22)12-4-2-5-13(8-12)15-10-21-17(19-15)24-16(20-21)18-9-14-6-3-7-23-14/h2-8,10H,9H2,1H3,(H,18,20). The van der Waals surface area contributed by atoms with E-state index < -0.39 is 0 Å². The molecule has 3 aromatic heterocycles.